The van der Waals surface area contributed by atoms with E-state index in [0.717, 1.165) is 4.90 Å². The summed E-state index contributed by atoms with van der Waals surface area (Å²) in [6.07, 6.45) is -0.900. The Morgan fingerprint density at radius 3 is 2.63 bits per heavy atom. The van der Waals surface area contributed by atoms with E-state index in [-0.39, 0.29) is 6.54 Å². The molecule has 12 heteroatoms. The van der Waals surface area contributed by atoms with Gasteiger partial charge in [0.25, 0.3) is 0 Å². The number of amides is 6. The van der Waals surface area contributed by atoms with Gasteiger partial charge in [-0.2, -0.15) is 0 Å². The molecule has 3 rings (SSSR count). The lowest BCUT2D eigenvalue weighted by atomic mass is 10.0. The second-order valence-corrected chi connectivity index (χ2v) is 5.82. The largest absolute Gasteiger partial charge is 0.343 e. The molecule has 2 aliphatic heterocycles. The Bertz CT molecular complexity index is 822. The Kier molecular flexibility index (Phi) is 5.08. The first-order valence-corrected chi connectivity index (χ1v) is 8.07. The average molecular weight is 372 g/mol. The molecule has 12 nitrogen and oxygen atoms in total. The average Bonchev–Trinajstić information content (AvgIpc) is 3.10. The van der Waals surface area contributed by atoms with Gasteiger partial charge in [-0.15, -0.1) is 0 Å². The molecule has 27 heavy (non-hydrogen) atoms. The molecule has 2 fully saturated rings. The molecular weight excluding hydrogens is 356 g/mol. The number of carbonyl (C=O) groups is 4. The molecular formula is C15H16N8O4. The predicted molar refractivity (Wildman–Crippen MR) is 90.8 cm³/mol. The topological polar surface area (TPSA) is 168 Å². The number of nitrogens with one attached hydrogen (secondary N) is 4. The number of β-lactam (4-membered cyclic amide) rings is 1. The van der Waals surface area contributed by atoms with Gasteiger partial charge < -0.3 is 21.3 Å². The van der Waals surface area contributed by atoms with Gasteiger partial charge in [-0.3, -0.25) is 9.59 Å². The van der Waals surface area contributed by atoms with Gasteiger partial charge in [0, 0.05) is 18.0 Å². The van der Waals surface area contributed by atoms with Crippen molar-refractivity contribution in [2.45, 2.75) is 18.2 Å². The Morgan fingerprint density at radius 1 is 1.30 bits per heavy atom. The molecule has 2 saturated heterocycles. The minimum atomic E-state index is -1.15. The van der Waals surface area contributed by atoms with E-state index < -0.39 is 42.1 Å². The van der Waals surface area contributed by atoms with Crippen molar-refractivity contribution in [2.24, 2.45) is 5.11 Å². The summed E-state index contributed by atoms with van der Waals surface area (Å²) in [5, 5.41) is 13.2. The fraction of sp³-hybridized carbons (Fsp3) is 0.333. The lowest BCUT2D eigenvalue weighted by Crippen LogP contribution is -2.69. The Balaban J connectivity index is 1.76. The number of imide groups is 1. The highest BCUT2D eigenvalue weighted by Gasteiger charge is 2.41. The molecule has 0 spiro atoms. The highest BCUT2D eigenvalue weighted by atomic mass is 16.2. The smallest absolute Gasteiger partial charge is 0.326 e. The standard InChI is InChI=1S/C15H16N8O4/c16-22-21-11-10(13(25)20-11)18-12(24)9(8-4-2-1-3-5-8)19-15(27)23-7-6-17-14(23)26/h1-5,9-11H,6-7H2,(H,17,26)(H,18,24)(H,19,27)(H,20,25)/t9?,10-,11-/m0/s1. The van der Waals surface area contributed by atoms with Gasteiger partial charge in [-0.25, -0.2) is 14.5 Å². The van der Waals surface area contributed by atoms with Crippen LogP contribution in [-0.4, -0.2) is 54.1 Å². The predicted octanol–water partition coefficient (Wildman–Crippen LogP) is -0.286. The number of hydrogen-bond donors (Lipinski definition) is 4. The first-order chi connectivity index (χ1) is 13.0. The highest BCUT2D eigenvalue weighted by Crippen LogP contribution is 2.16. The zero-order valence-corrected chi connectivity index (χ0v) is 14.0. The van der Waals surface area contributed by atoms with Gasteiger partial charge >= 0.3 is 12.1 Å². The molecule has 6 amide bonds. The molecule has 0 radical (unpaired) electrons. The van der Waals surface area contributed by atoms with Crippen LogP contribution in [0.5, 0.6) is 0 Å². The molecule has 0 bridgehead atoms. The van der Waals surface area contributed by atoms with Crippen LogP contribution in [0.1, 0.15) is 11.6 Å². The summed E-state index contributed by atoms with van der Waals surface area (Å²) in [6.45, 7) is 0.502. The number of hydrogen-bond acceptors (Lipinski definition) is 5. The summed E-state index contributed by atoms with van der Waals surface area (Å²) in [6, 6.07) is 4.89. The molecule has 1 aromatic rings. The molecule has 0 aliphatic carbocycles. The van der Waals surface area contributed by atoms with Crippen molar-refractivity contribution in [3.8, 4) is 0 Å². The van der Waals surface area contributed by atoms with Crippen molar-refractivity contribution in [2.75, 3.05) is 13.1 Å². The normalized spacial score (nSPS) is 21.9. The maximum Gasteiger partial charge on any atom is 0.326 e. The maximum atomic E-state index is 12.7. The van der Waals surface area contributed by atoms with Crippen LogP contribution in [0.15, 0.2) is 35.4 Å². The van der Waals surface area contributed by atoms with Crippen LogP contribution in [0.3, 0.4) is 0 Å². The van der Waals surface area contributed by atoms with Gasteiger partial charge in [-0.1, -0.05) is 35.4 Å². The molecule has 0 saturated carbocycles. The molecule has 3 atom stereocenters. The fourth-order valence-electron chi connectivity index (χ4n) is 2.71. The maximum absolute atomic E-state index is 12.7. The van der Waals surface area contributed by atoms with Crippen molar-refractivity contribution < 1.29 is 19.2 Å². The van der Waals surface area contributed by atoms with Crippen LogP contribution < -0.4 is 21.3 Å². The summed E-state index contributed by atoms with van der Waals surface area (Å²) in [4.78, 5) is 51.9. The molecule has 1 unspecified atom stereocenters. The second-order valence-electron chi connectivity index (χ2n) is 5.82. The minimum absolute atomic E-state index is 0.178. The van der Waals surface area contributed by atoms with E-state index in [1.165, 1.54) is 0 Å². The van der Waals surface area contributed by atoms with Crippen molar-refractivity contribution >= 4 is 23.9 Å². The van der Waals surface area contributed by atoms with Crippen molar-refractivity contribution in [1.82, 2.24) is 26.2 Å². The summed E-state index contributed by atoms with van der Waals surface area (Å²) in [5.41, 5.74) is 8.95. The summed E-state index contributed by atoms with van der Waals surface area (Å²) in [7, 11) is 0. The monoisotopic (exact) mass is 372 g/mol. The third-order valence-electron chi connectivity index (χ3n) is 4.13. The van der Waals surface area contributed by atoms with E-state index >= 15 is 0 Å². The number of nitrogens with zero attached hydrogens (tertiary/aromatic N) is 4. The molecule has 2 heterocycles. The van der Waals surface area contributed by atoms with E-state index in [1.807, 2.05) is 0 Å². The molecule has 2 aliphatic rings. The zero-order valence-electron chi connectivity index (χ0n) is 14.0. The van der Waals surface area contributed by atoms with Crippen LogP contribution >= 0.6 is 0 Å². The van der Waals surface area contributed by atoms with Gasteiger partial charge in [0.05, 0.1) is 0 Å². The first kappa shape index (κ1) is 18.0. The first-order valence-electron chi connectivity index (χ1n) is 8.07. The lowest BCUT2D eigenvalue weighted by Gasteiger charge is -2.34. The van der Waals surface area contributed by atoms with Gasteiger partial charge in [-0.05, 0) is 11.1 Å². The second kappa shape index (κ2) is 7.62. The molecule has 4 N–H and O–H groups in total. The summed E-state index contributed by atoms with van der Waals surface area (Å²) >= 11 is 0. The number of azide groups is 1. The van der Waals surface area contributed by atoms with Gasteiger partial charge in [0.15, 0.2) is 0 Å². The molecule has 1 aromatic carbocycles. The van der Waals surface area contributed by atoms with Crippen LogP contribution in [0.25, 0.3) is 10.4 Å². The SMILES string of the molecule is [N-]=[N+]=N[C@@H]1NC(=O)[C@H]1NC(=O)C(NC(=O)N1CCNC1=O)c1ccccc1. The van der Waals surface area contributed by atoms with Crippen molar-refractivity contribution in [1.29, 1.82) is 0 Å². The Morgan fingerprint density at radius 2 is 2.04 bits per heavy atom. The van der Waals surface area contributed by atoms with E-state index in [4.69, 9.17) is 5.53 Å². The van der Waals surface area contributed by atoms with Crippen LogP contribution in [0, 0.1) is 0 Å². The van der Waals surface area contributed by atoms with E-state index in [0.29, 0.717) is 12.1 Å². The third kappa shape index (κ3) is 3.75. The molecule has 140 valence electrons. The zero-order chi connectivity index (χ0) is 19.4. The Hall–Kier alpha value is -3.79. The van der Waals surface area contributed by atoms with Crippen LogP contribution in [0.2, 0.25) is 0 Å². The van der Waals surface area contributed by atoms with Crippen LogP contribution in [0.4, 0.5) is 9.59 Å². The molecule has 0 aromatic heterocycles. The van der Waals surface area contributed by atoms with E-state index in [1.54, 1.807) is 30.3 Å². The van der Waals surface area contributed by atoms with Crippen molar-refractivity contribution in [3.05, 3.63) is 46.3 Å². The number of rotatable bonds is 5. The number of benzene rings is 1. The number of carbonyl (C=O) groups excluding carboxylic acids is 4. The fourth-order valence-corrected chi connectivity index (χ4v) is 2.71. The van der Waals surface area contributed by atoms with Crippen molar-refractivity contribution in [3.63, 3.8) is 0 Å². The van der Waals surface area contributed by atoms with Gasteiger partial charge in [0.2, 0.25) is 11.8 Å². The third-order valence-corrected chi connectivity index (χ3v) is 4.13. The van der Waals surface area contributed by atoms with E-state index in [9.17, 15) is 19.2 Å². The highest BCUT2D eigenvalue weighted by molar-refractivity contribution is 5.99. The summed E-state index contributed by atoms with van der Waals surface area (Å²) in [5.74, 6) is -1.18. The van der Waals surface area contributed by atoms with Gasteiger partial charge in [0.1, 0.15) is 18.2 Å². The lowest BCUT2D eigenvalue weighted by molar-refractivity contribution is -0.136. The Labute approximate surface area is 152 Å². The quantitative estimate of drug-likeness (QED) is 0.241. The summed E-state index contributed by atoms with van der Waals surface area (Å²) < 4.78 is 0. The minimum Gasteiger partial charge on any atom is -0.343 e. The number of urea groups is 2. The van der Waals surface area contributed by atoms with E-state index in [2.05, 4.69) is 31.3 Å². The van der Waals surface area contributed by atoms with Crippen LogP contribution in [-0.2, 0) is 9.59 Å².